The van der Waals surface area contributed by atoms with Gasteiger partial charge in [0.05, 0.1) is 10.6 Å². The minimum atomic E-state index is -3.03. The molecule has 0 unspecified atom stereocenters. The quantitative estimate of drug-likeness (QED) is 0.737. The first-order chi connectivity index (χ1) is 12.8. The summed E-state index contributed by atoms with van der Waals surface area (Å²) in [6.45, 7) is -1.72. The highest BCUT2D eigenvalue weighted by molar-refractivity contribution is 8.01. The van der Waals surface area contributed by atoms with Crippen LogP contribution in [0.4, 0.5) is 14.5 Å². The summed E-state index contributed by atoms with van der Waals surface area (Å²) in [5.41, 5.74) is 0.0394. The number of hydrogen-bond donors (Lipinski definition) is 1. The van der Waals surface area contributed by atoms with Crippen LogP contribution in [-0.2, 0) is 19.1 Å². The number of fused-ring (bicyclic) bond motifs is 1. The van der Waals surface area contributed by atoms with Gasteiger partial charge >= 0.3 is 12.6 Å². The summed E-state index contributed by atoms with van der Waals surface area (Å²) in [6.07, 6.45) is 1.05. The first kappa shape index (κ1) is 19.4. The van der Waals surface area contributed by atoms with Gasteiger partial charge in [-0.05, 0) is 25.5 Å². The number of esters is 1. The van der Waals surface area contributed by atoms with Gasteiger partial charge < -0.3 is 19.7 Å². The fourth-order valence-corrected chi connectivity index (χ4v) is 4.60. The van der Waals surface area contributed by atoms with Crippen LogP contribution in [0.5, 0.6) is 5.75 Å². The normalized spacial score (nSPS) is 24.1. The average Bonchev–Trinajstić information content (AvgIpc) is 3.10. The second kappa shape index (κ2) is 7.71. The number of carbonyl (C=O) groups excluding carboxylic acids is 3. The van der Waals surface area contributed by atoms with Crippen LogP contribution < -0.4 is 10.1 Å². The van der Waals surface area contributed by atoms with Crippen LogP contribution in [0.1, 0.15) is 19.8 Å². The molecule has 1 aromatic carbocycles. The van der Waals surface area contributed by atoms with Gasteiger partial charge in [0, 0.05) is 12.2 Å². The molecule has 2 atom stereocenters. The Labute approximate surface area is 158 Å². The summed E-state index contributed by atoms with van der Waals surface area (Å²) in [4.78, 5) is 37.5. The topological polar surface area (TPSA) is 84.9 Å². The molecule has 3 rings (SSSR count). The highest BCUT2D eigenvalue weighted by Crippen LogP contribution is 2.47. The van der Waals surface area contributed by atoms with Crippen LogP contribution in [0.3, 0.4) is 0 Å². The van der Waals surface area contributed by atoms with E-state index in [4.69, 9.17) is 4.74 Å². The fraction of sp³-hybridized carbons (Fsp3) is 0.471. The number of thioether (sulfide) groups is 1. The third-order valence-electron chi connectivity index (χ3n) is 4.44. The number of benzene rings is 1. The van der Waals surface area contributed by atoms with E-state index >= 15 is 0 Å². The van der Waals surface area contributed by atoms with E-state index < -0.39 is 36.0 Å². The summed E-state index contributed by atoms with van der Waals surface area (Å²) >= 11 is 1.52. The van der Waals surface area contributed by atoms with Gasteiger partial charge in [0.1, 0.15) is 11.8 Å². The van der Waals surface area contributed by atoms with Crippen LogP contribution in [0.15, 0.2) is 24.3 Å². The van der Waals surface area contributed by atoms with Crippen LogP contribution in [0.25, 0.3) is 0 Å². The van der Waals surface area contributed by atoms with Crippen molar-refractivity contribution in [3.63, 3.8) is 0 Å². The van der Waals surface area contributed by atoms with Crippen LogP contribution in [0, 0.1) is 0 Å². The number of amides is 2. The number of nitrogens with zero attached hydrogens (tertiary/aromatic N) is 1. The fourth-order valence-electron chi connectivity index (χ4n) is 3.18. The zero-order valence-corrected chi connectivity index (χ0v) is 15.3. The van der Waals surface area contributed by atoms with Crippen molar-refractivity contribution in [2.24, 2.45) is 0 Å². The number of para-hydroxylation sites is 2. The molecule has 2 aliphatic rings. The van der Waals surface area contributed by atoms with E-state index in [2.05, 4.69) is 10.1 Å². The molecule has 0 saturated carbocycles. The van der Waals surface area contributed by atoms with E-state index in [-0.39, 0.29) is 17.3 Å². The number of carbonyl (C=O) groups is 3. The van der Waals surface area contributed by atoms with Gasteiger partial charge in [0.2, 0.25) is 5.91 Å². The van der Waals surface area contributed by atoms with Crippen molar-refractivity contribution in [2.45, 2.75) is 37.3 Å². The number of ether oxygens (including phenoxy) is 2. The lowest BCUT2D eigenvalue weighted by Crippen LogP contribution is -2.47. The van der Waals surface area contributed by atoms with E-state index in [1.807, 2.05) is 6.92 Å². The van der Waals surface area contributed by atoms with Gasteiger partial charge in [-0.15, -0.1) is 11.8 Å². The van der Waals surface area contributed by atoms with Gasteiger partial charge in [0.25, 0.3) is 5.91 Å². The number of rotatable bonds is 6. The van der Waals surface area contributed by atoms with Gasteiger partial charge in [0.15, 0.2) is 6.61 Å². The summed E-state index contributed by atoms with van der Waals surface area (Å²) in [7, 11) is 0. The van der Waals surface area contributed by atoms with Gasteiger partial charge in [-0.1, -0.05) is 12.1 Å². The first-order valence-corrected chi connectivity index (χ1v) is 9.25. The average molecular weight is 400 g/mol. The molecule has 0 bridgehead atoms. The zero-order chi connectivity index (χ0) is 19.6. The van der Waals surface area contributed by atoms with Crippen LogP contribution in [-0.4, -0.2) is 52.6 Å². The summed E-state index contributed by atoms with van der Waals surface area (Å²) in [5.74, 6) is -1.25. The molecule has 0 radical (unpaired) electrons. The molecule has 0 aliphatic carbocycles. The Bertz CT molecular complexity index is 763. The molecule has 1 aromatic rings. The molecule has 2 fully saturated rings. The zero-order valence-electron chi connectivity index (χ0n) is 14.4. The van der Waals surface area contributed by atoms with Gasteiger partial charge in [-0.25, -0.2) is 4.79 Å². The Kier molecular flexibility index (Phi) is 5.54. The van der Waals surface area contributed by atoms with E-state index in [0.29, 0.717) is 18.6 Å². The lowest BCUT2D eigenvalue weighted by atomic mass is 10.2. The Morgan fingerprint density at radius 2 is 2.15 bits per heavy atom. The number of alkyl halides is 2. The predicted molar refractivity (Wildman–Crippen MR) is 93.4 cm³/mol. The molecule has 146 valence electrons. The molecular weight excluding hydrogens is 382 g/mol. The lowest BCUT2D eigenvalue weighted by Gasteiger charge is -2.29. The largest absolute Gasteiger partial charge is 0.454 e. The van der Waals surface area contributed by atoms with E-state index in [1.165, 1.54) is 40.9 Å². The molecule has 0 aromatic heterocycles. The van der Waals surface area contributed by atoms with E-state index in [1.54, 1.807) is 0 Å². The van der Waals surface area contributed by atoms with Crippen molar-refractivity contribution >= 4 is 35.2 Å². The molecule has 2 heterocycles. The molecule has 2 amide bonds. The van der Waals surface area contributed by atoms with Crippen molar-refractivity contribution in [3.8, 4) is 5.75 Å². The van der Waals surface area contributed by atoms with Crippen LogP contribution >= 0.6 is 11.8 Å². The van der Waals surface area contributed by atoms with Crippen molar-refractivity contribution in [1.29, 1.82) is 0 Å². The monoisotopic (exact) mass is 400 g/mol. The summed E-state index contributed by atoms with van der Waals surface area (Å²) < 4.78 is 34.1. The van der Waals surface area contributed by atoms with Crippen molar-refractivity contribution in [1.82, 2.24) is 4.90 Å². The molecule has 10 heteroatoms. The van der Waals surface area contributed by atoms with E-state index in [0.717, 1.165) is 0 Å². The number of anilines is 1. The Morgan fingerprint density at radius 1 is 1.41 bits per heavy atom. The molecule has 2 saturated heterocycles. The molecule has 7 nitrogen and oxygen atoms in total. The maximum atomic E-state index is 12.4. The SMILES string of the molecule is C[C@]12CCC(=O)N1[C@H](C(=O)OCC(=O)Nc1ccccc1OC(F)F)CS2. The standard InChI is InChI=1S/C17H18F2N2O5S/c1-17-7-6-14(23)21(17)11(9-27-17)15(24)25-8-13(22)20-10-4-2-3-5-12(10)26-16(18)19/h2-5,11,16H,6-9H2,1H3,(H,20,22)/t11-,17-/m0/s1. The maximum absolute atomic E-state index is 12.4. The maximum Gasteiger partial charge on any atom is 0.387 e. The Morgan fingerprint density at radius 3 is 2.89 bits per heavy atom. The molecule has 2 aliphatic heterocycles. The van der Waals surface area contributed by atoms with E-state index in [9.17, 15) is 23.2 Å². The van der Waals surface area contributed by atoms with Crippen molar-refractivity contribution in [2.75, 3.05) is 17.7 Å². The number of nitrogens with one attached hydrogen (secondary N) is 1. The Hall–Kier alpha value is -2.36. The number of hydrogen-bond acceptors (Lipinski definition) is 6. The summed E-state index contributed by atoms with van der Waals surface area (Å²) in [6, 6.07) is 4.96. The highest BCUT2D eigenvalue weighted by Gasteiger charge is 2.53. The third kappa shape index (κ3) is 4.15. The third-order valence-corrected chi connectivity index (χ3v) is 5.94. The molecule has 0 spiro atoms. The van der Waals surface area contributed by atoms with Crippen molar-refractivity contribution < 1.29 is 32.6 Å². The second-order valence-corrected chi connectivity index (χ2v) is 7.80. The summed E-state index contributed by atoms with van der Waals surface area (Å²) in [5, 5.41) is 2.36. The van der Waals surface area contributed by atoms with Gasteiger partial charge in [-0.2, -0.15) is 8.78 Å². The first-order valence-electron chi connectivity index (χ1n) is 8.26. The predicted octanol–water partition coefficient (Wildman–Crippen LogP) is 2.22. The second-order valence-electron chi connectivity index (χ2n) is 6.30. The molecule has 27 heavy (non-hydrogen) atoms. The minimum absolute atomic E-state index is 0.0394. The molecule has 1 N–H and O–H groups in total. The molecular formula is C17H18F2N2O5S. The lowest BCUT2D eigenvalue weighted by molar-refractivity contribution is -0.155. The number of halogens is 2. The Balaban J connectivity index is 1.56. The highest BCUT2D eigenvalue weighted by atomic mass is 32.2. The smallest absolute Gasteiger partial charge is 0.387 e. The van der Waals surface area contributed by atoms with Gasteiger partial charge in [-0.3, -0.25) is 9.59 Å². The van der Waals surface area contributed by atoms with Crippen molar-refractivity contribution in [3.05, 3.63) is 24.3 Å². The van der Waals surface area contributed by atoms with Crippen LogP contribution in [0.2, 0.25) is 0 Å². The minimum Gasteiger partial charge on any atom is -0.454 e.